The molecule has 2 amide bonds. The van der Waals surface area contributed by atoms with E-state index in [1.807, 2.05) is 19.1 Å². The van der Waals surface area contributed by atoms with E-state index in [9.17, 15) is 9.59 Å². The number of furan rings is 1. The molecule has 9 nitrogen and oxygen atoms in total. The van der Waals surface area contributed by atoms with Crippen molar-refractivity contribution in [3.8, 4) is 11.5 Å². The molecule has 1 fully saturated rings. The molecule has 28 heavy (non-hydrogen) atoms. The largest absolute Gasteiger partial charge is 0.460 e. The summed E-state index contributed by atoms with van der Waals surface area (Å²) in [4.78, 5) is 30.4. The van der Waals surface area contributed by atoms with Crippen LogP contribution in [0.15, 0.2) is 35.0 Å². The molecule has 1 saturated heterocycles. The first-order valence-electron chi connectivity index (χ1n) is 9.22. The molecule has 0 radical (unpaired) electrons. The van der Waals surface area contributed by atoms with E-state index in [1.54, 1.807) is 27.9 Å². The minimum Gasteiger partial charge on any atom is -0.460 e. The van der Waals surface area contributed by atoms with Gasteiger partial charge in [0, 0.05) is 37.5 Å². The Bertz CT molecular complexity index is 1000. The smallest absolute Gasteiger partial charge is 0.274 e. The molecule has 0 saturated carbocycles. The van der Waals surface area contributed by atoms with Crippen LogP contribution in [0.25, 0.3) is 11.5 Å². The number of nitrogens with zero attached hydrogens (tertiary/aromatic N) is 4. The van der Waals surface area contributed by atoms with E-state index in [1.165, 1.54) is 0 Å². The molecule has 0 spiro atoms. The maximum absolute atomic E-state index is 12.9. The standard InChI is InChI=1S/C19H22N6O3/c1-12-4-5-16(28-12)14-9-15(23-22-14)19(27)25-7-2-3-13(10-25)18-21-6-8-24(18)11-17(20)26/h4-6,8-9,13H,2-3,7,10-11H2,1H3,(H2,20,26)(H,22,23)/t13-/m1/s1. The van der Waals surface area contributed by atoms with E-state index in [4.69, 9.17) is 10.2 Å². The summed E-state index contributed by atoms with van der Waals surface area (Å²) in [6.45, 7) is 3.14. The van der Waals surface area contributed by atoms with E-state index in [2.05, 4.69) is 15.2 Å². The van der Waals surface area contributed by atoms with Crippen molar-refractivity contribution >= 4 is 11.8 Å². The van der Waals surface area contributed by atoms with Crippen molar-refractivity contribution in [2.45, 2.75) is 32.2 Å². The summed E-state index contributed by atoms with van der Waals surface area (Å²) < 4.78 is 7.33. The molecule has 0 bridgehead atoms. The molecule has 9 heteroatoms. The number of aromatic nitrogens is 4. The number of aryl methyl sites for hydroxylation is 1. The molecule has 3 N–H and O–H groups in total. The second kappa shape index (κ2) is 7.34. The minimum absolute atomic E-state index is 0.0539. The number of nitrogens with one attached hydrogen (secondary N) is 1. The topological polar surface area (TPSA) is 123 Å². The lowest BCUT2D eigenvalue weighted by Gasteiger charge is -2.32. The number of nitrogens with two attached hydrogens (primary N) is 1. The fraction of sp³-hybridized carbons (Fsp3) is 0.368. The molecule has 4 heterocycles. The molecule has 0 aliphatic carbocycles. The zero-order valence-corrected chi connectivity index (χ0v) is 15.6. The van der Waals surface area contributed by atoms with Crippen LogP contribution in [0.1, 0.15) is 40.8 Å². The van der Waals surface area contributed by atoms with E-state index in [-0.39, 0.29) is 18.4 Å². The minimum atomic E-state index is -0.416. The van der Waals surface area contributed by atoms with Gasteiger partial charge in [0.1, 0.15) is 23.8 Å². The maximum Gasteiger partial charge on any atom is 0.274 e. The van der Waals surface area contributed by atoms with E-state index >= 15 is 0 Å². The molecule has 0 aromatic carbocycles. The molecular formula is C19H22N6O3. The lowest BCUT2D eigenvalue weighted by molar-refractivity contribution is -0.118. The van der Waals surface area contributed by atoms with Crippen LogP contribution in [-0.4, -0.2) is 49.6 Å². The van der Waals surface area contributed by atoms with Gasteiger partial charge in [-0.3, -0.25) is 14.7 Å². The highest BCUT2D eigenvalue weighted by Crippen LogP contribution is 2.27. The van der Waals surface area contributed by atoms with Gasteiger partial charge >= 0.3 is 0 Å². The van der Waals surface area contributed by atoms with Crippen molar-refractivity contribution in [3.05, 3.63) is 47.9 Å². The summed E-state index contributed by atoms with van der Waals surface area (Å²) in [5, 5.41) is 7.03. The first-order valence-corrected chi connectivity index (χ1v) is 9.22. The number of amides is 2. The molecule has 1 aliphatic heterocycles. The molecule has 1 atom stereocenters. The van der Waals surface area contributed by atoms with Crippen LogP contribution in [-0.2, 0) is 11.3 Å². The monoisotopic (exact) mass is 382 g/mol. The number of carbonyl (C=O) groups is 2. The predicted octanol–water partition coefficient (Wildman–Crippen LogP) is 1.68. The third kappa shape index (κ3) is 3.55. The number of primary amides is 1. The van der Waals surface area contributed by atoms with Gasteiger partial charge in [-0.15, -0.1) is 0 Å². The number of likely N-dealkylation sites (tertiary alicyclic amines) is 1. The Hall–Kier alpha value is -3.36. The number of hydrogen-bond donors (Lipinski definition) is 2. The van der Waals surface area contributed by atoms with Gasteiger partial charge in [0.15, 0.2) is 11.5 Å². The average molecular weight is 382 g/mol. The van der Waals surface area contributed by atoms with Gasteiger partial charge in [0.25, 0.3) is 5.91 Å². The zero-order valence-electron chi connectivity index (χ0n) is 15.6. The number of piperidine rings is 1. The molecular weight excluding hydrogens is 360 g/mol. The highest BCUT2D eigenvalue weighted by molar-refractivity contribution is 5.93. The van der Waals surface area contributed by atoms with Crippen LogP contribution in [0, 0.1) is 6.92 Å². The molecule has 3 aromatic heterocycles. The summed E-state index contributed by atoms with van der Waals surface area (Å²) >= 11 is 0. The first kappa shape index (κ1) is 18.0. The fourth-order valence-electron chi connectivity index (χ4n) is 3.65. The van der Waals surface area contributed by atoms with E-state index in [0.717, 1.165) is 24.4 Å². The van der Waals surface area contributed by atoms with Crippen LogP contribution in [0.2, 0.25) is 0 Å². The van der Waals surface area contributed by atoms with Gasteiger partial charge in [-0.2, -0.15) is 5.10 Å². The Labute approximate surface area is 161 Å². The highest BCUT2D eigenvalue weighted by Gasteiger charge is 2.29. The van der Waals surface area contributed by atoms with Crippen LogP contribution >= 0.6 is 0 Å². The second-order valence-electron chi connectivity index (χ2n) is 7.05. The quantitative estimate of drug-likeness (QED) is 0.695. The van der Waals surface area contributed by atoms with Crippen molar-refractivity contribution in [3.63, 3.8) is 0 Å². The van der Waals surface area contributed by atoms with Gasteiger partial charge in [-0.25, -0.2) is 4.98 Å². The third-order valence-corrected chi connectivity index (χ3v) is 4.95. The Balaban J connectivity index is 1.49. The third-order valence-electron chi connectivity index (χ3n) is 4.95. The van der Waals surface area contributed by atoms with Gasteiger partial charge in [-0.05, 0) is 31.9 Å². The lowest BCUT2D eigenvalue weighted by Crippen LogP contribution is -2.40. The van der Waals surface area contributed by atoms with Crippen LogP contribution < -0.4 is 5.73 Å². The van der Waals surface area contributed by atoms with Crippen molar-refractivity contribution in [2.75, 3.05) is 13.1 Å². The fourth-order valence-corrected chi connectivity index (χ4v) is 3.65. The van der Waals surface area contributed by atoms with Crippen LogP contribution in [0.5, 0.6) is 0 Å². The van der Waals surface area contributed by atoms with Gasteiger partial charge in [0.2, 0.25) is 5.91 Å². The molecule has 0 unspecified atom stereocenters. The Morgan fingerprint density at radius 2 is 2.25 bits per heavy atom. The van der Waals surface area contributed by atoms with Crippen LogP contribution in [0.3, 0.4) is 0 Å². The number of rotatable bonds is 5. The number of carbonyl (C=O) groups excluding carboxylic acids is 2. The average Bonchev–Trinajstić information content (AvgIpc) is 3.41. The predicted molar refractivity (Wildman–Crippen MR) is 100 cm³/mol. The van der Waals surface area contributed by atoms with Gasteiger partial charge in [0.05, 0.1) is 0 Å². The van der Waals surface area contributed by atoms with E-state index in [0.29, 0.717) is 30.2 Å². The van der Waals surface area contributed by atoms with Crippen molar-refractivity contribution in [2.24, 2.45) is 5.73 Å². The maximum atomic E-state index is 12.9. The highest BCUT2D eigenvalue weighted by atomic mass is 16.3. The van der Waals surface area contributed by atoms with Crippen molar-refractivity contribution in [1.29, 1.82) is 0 Å². The SMILES string of the molecule is Cc1ccc(-c2cc(C(=O)N3CCC[C@@H](c4nccn4CC(N)=O)C3)n[nH]2)o1. The number of hydrogen-bond acceptors (Lipinski definition) is 5. The molecule has 3 aromatic rings. The van der Waals surface area contributed by atoms with Crippen molar-refractivity contribution < 1.29 is 14.0 Å². The van der Waals surface area contributed by atoms with E-state index < -0.39 is 5.91 Å². The van der Waals surface area contributed by atoms with Gasteiger partial charge < -0.3 is 19.6 Å². The zero-order chi connectivity index (χ0) is 19.7. The summed E-state index contributed by atoms with van der Waals surface area (Å²) in [5.41, 5.74) is 6.33. The summed E-state index contributed by atoms with van der Waals surface area (Å²) in [6, 6.07) is 5.41. The normalized spacial score (nSPS) is 17.0. The summed E-state index contributed by atoms with van der Waals surface area (Å²) in [7, 11) is 0. The summed E-state index contributed by atoms with van der Waals surface area (Å²) in [6.07, 6.45) is 5.15. The lowest BCUT2D eigenvalue weighted by atomic mass is 9.96. The molecule has 1 aliphatic rings. The Kier molecular flexibility index (Phi) is 4.72. The second-order valence-corrected chi connectivity index (χ2v) is 7.05. The summed E-state index contributed by atoms with van der Waals surface area (Å²) in [5.74, 6) is 1.73. The number of aromatic amines is 1. The molecule has 4 rings (SSSR count). The number of H-pyrrole nitrogens is 1. The Morgan fingerprint density at radius 1 is 1.39 bits per heavy atom. The van der Waals surface area contributed by atoms with Gasteiger partial charge in [-0.1, -0.05) is 0 Å². The van der Waals surface area contributed by atoms with Crippen LogP contribution in [0.4, 0.5) is 0 Å². The van der Waals surface area contributed by atoms with Crippen molar-refractivity contribution in [1.82, 2.24) is 24.6 Å². The Morgan fingerprint density at radius 3 is 3.00 bits per heavy atom. The molecule has 146 valence electrons. The first-order chi connectivity index (χ1) is 13.5. The number of imidazole rings is 1.